The molecule has 14 heavy (non-hydrogen) atoms. The van der Waals surface area contributed by atoms with Gasteiger partial charge in [-0.2, -0.15) is 0 Å². The summed E-state index contributed by atoms with van der Waals surface area (Å²) in [5, 5.41) is 3.46. The van der Waals surface area contributed by atoms with E-state index in [4.69, 9.17) is 0 Å². The molecule has 0 amide bonds. The highest BCUT2D eigenvalue weighted by Gasteiger charge is 2.16. The number of benzene rings is 1. The lowest BCUT2D eigenvalue weighted by Crippen LogP contribution is -2.49. The fourth-order valence-corrected chi connectivity index (χ4v) is 2.07. The topological polar surface area (TPSA) is 15.3 Å². The van der Waals surface area contributed by atoms with Crippen LogP contribution in [0.4, 0.5) is 5.69 Å². The smallest absolute Gasteiger partial charge is 0.0396 e. The standard InChI is InChI=1S/C12H18N2/c1-10-5-3-4-6-12(10)14-8-7-13-11(2)9-14/h3-6,11,13H,7-9H2,1-2H3. The van der Waals surface area contributed by atoms with Crippen molar-refractivity contribution in [2.75, 3.05) is 24.5 Å². The third-order valence-corrected chi connectivity index (χ3v) is 2.82. The summed E-state index contributed by atoms with van der Waals surface area (Å²) in [5.74, 6) is 0. The van der Waals surface area contributed by atoms with Gasteiger partial charge in [0.2, 0.25) is 0 Å². The second-order valence-corrected chi connectivity index (χ2v) is 4.09. The second-order valence-electron chi connectivity index (χ2n) is 4.09. The predicted molar refractivity (Wildman–Crippen MR) is 60.9 cm³/mol. The van der Waals surface area contributed by atoms with Crippen molar-refractivity contribution in [3.8, 4) is 0 Å². The molecule has 0 bridgehead atoms. The van der Waals surface area contributed by atoms with E-state index < -0.39 is 0 Å². The summed E-state index contributed by atoms with van der Waals surface area (Å²) >= 11 is 0. The normalized spacial score (nSPS) is 22.4. The summed E-state index contributed by atoms with van der Waals surface area (Å²) in [6.45, 7) is 7.75. The SMILES string of the molecule is Cc1ccccc1N1CCNC(C)C1. The first-order valence-electron chi connectivity index (χ1n) is 5.31. The molecule has 1 heterocycles. The van der Waals surface area contributed by atoms with Crippen LogP contribution in [-0.4, -0.2) is 25.7 Å². The van der Waals surface area contributed by atoms with Crippen LogP contribution in [0.15, 0.2) is 24.3 Å². The first kappa shape index (κ1) is 9.53. The van der Waals surface area contributed by atoms with Gasteiger partial charge in [-0.05, 0) is 25.5 Å². The zero-order chi connectivity index (χ0) is 9.97. The summed E-state index contributed by atoms with van der Waals surface area (Å²) < 4.78 is 0. The average molecular weight is 190 g/mol. The molecule has 0 aliphatic carbocycles. The Bertz CT molecular complexity index is 309. The molecule has 0 saturated carbocycles. The van der Waals surface area contributed by atoms with Gasteiger partial charge in [0.25, 0.3) is 0 Å². The maximum Gasteiger partial charge on any atom is 0.0396 e. The molecule has 1 atom stereocenters. The van der Waals surface area contributed by atoms with Crippen molar-refractivity contribution in [2.45, 2.75) is 19.9 Å². The molecular weight excluding hydrogens is 172 g/mol. The molecule has 1 aromatic rings. The zero-order valence-corrected chi connectivity index (χ0v) is 8.96. The molecule has 76 valence electrons. The Morgan fingerprint density at radius 2 is 2.14 bits per heavy atom. The van der Waals surface area contributed by atoms with Gasteiger partial charge in [0.15, 0.2) is 0 Å². The van der Waals surface area contributed by atoms with E-state index in [1.807, 2.05) is 0 Å². The van der Waals surface area contributed by atoms with Gasteiger partial charge in [-0.1, -0.05) is 18.2 Å². The minimum Gasteiger partial charge on any atom is -0.368 e. The van der Waals surface area contributed by atoms with Crippen LogP contribution in [0, 0.1) is 6.92 Å². The maximum absolute atomic E-state index is 3.46. The molecule has 2 rings (SSSR count). The Morgan fingerprint density at radius 1 is 1.36 bits per heavy atom. The van der Waals surface area contributed by atoms with Gasteiger partial charge in [-0.15, -0.1) is 0 Å². The second kappa shape index (κ2) is 4.01. The third-order valence-electron chi connectivity index (χ3n) is 2.82. The molecule has 1 saturated heterocycles. The number of hydrogen-bond acceptors (Lipinski definition) is 2. The summed E-state index contributed by atoms with van der Waals surface area (Å²) in [7, 11) is 0. The molecule has 1 unspecified atom stereocenters. The number of hydrogen-bond donors (Lipinski definition) is 1. The van der Waals surface area contributed by atoms with Gasteiger partial charge < -0.3 is 10.2 Å². The minimum absolute atomic E-state index is 0.600. The number of rotatable bonds is 1. The first-order chi connectivity index (χ1) is 6.77. The van der Waals surface area contributed by atoms with Crippen LogP contribution in [0.5, 0.6) is 0 Å². The largest absolute Gasteiger partial charge is 0.368 e. The highest BCUT2D eigenvalue weighted by molar-refractivity contribution is 5.53. The number of nitrogens with zero attached hydrogens (tertiary/aromatic N) is 1. The molecular formula is C12H18N2. The lowest BCUT2D eigenvalue weighted by atomic mass is 10.1. The zero-order valence-electron chi connectivity index (χ0n) is 8.96. The van der Waals surface area contributed by atoms with E-state index in [1.54, 1.807) is 0 Å². The van der Waals surface area contributed by atoms with Gasteiger partial charge >= 0.3 is 0 Å². The molecule has 0 aromatic heterocycles. The summed E-state index contributed by atoms with van der Waals surface area (Å²) in [6.07, 6.45) is 0. The minimum atomic E-state index is 0.600. The van der Waals surface area contributed by atoms with E-state index in [9.17, 15) is 0 Å². The molecule has 1 aromatic carbocycles. The summed E-state index contributed by atoms with van der Waals surface area (Å²) in [6, 6.07) is 9.22. The summed E-state index contributed by atoms with van der Waals surface area (Å²) in [5.41, 5.74) is 2.77. The first-order valence-corrected chi connectivity index (χ1v) is 5.31. The fourth-order valence-electron chi connectivity index (χ4n) is 2.07. The highest BCUT2D eigenvalue weighted by atomic mass is 15.2. The molecule has 2 heteroatoms. The lowest BCUT2D eigenvalue weighted by molar-refractivity contribution is 0.484. The van der Waals surface area contributed by atoms with Crippen LogP contribution < -0.4 is 10.2 Å². The van der Waals surface area contributed by atoms with Crippen molar-refractivity contribution in [3.05, 3.63) is 29.8 Å². The van der Waals surface area contributed by atoms with Crippen molar-refractivity contribution in [2.24, 2.45) is 0 Å². The molecule has 1 aliphatic rings. The summed E-state index contributed by atoms with van der Waals surface area (Å²) in [4.78, 5) is 2.47. The van der Waals surface area contributed by atoms with Crippen molar-refractivity contribution in [1.82, 2.24) is 5.32 Å². The van der Waals surface area contributed by atoms with E-state index in [-0.39, 0.29) is 0 Å². The molecule has 1 N–H and O–H groups in total. The molecule has 2 nitrogen and oxygen atoms in total. The van der Waals surface area contributed by atoms with E-state index >= 15 is 0 Å². The molecule has 1 fully saturated rings. The van der Waals surface area contributed by atoms with E-state index in [1.165, 1.54) is 11.3 Å². The predicted octanol–water partition coefficient (Wildman–Crippen LogP) is 1.79. The third kappa shape index (κ3) is 1.90. The average Bonchev–Trinajstić information content (AvgIpc) is 2.18. The van der Waals surface area contributed by atoms with Crippen molar-refractivity contribution < 1.29 is 0 Å². The Labute approximate surface area is 85.9 Å². The van der Waals surface area contributed by atoms with Gasteiger partial charge in [0.05, 0.1) is 0 Å². The van der Waals surface area contributed by atoms with Gasteiger partial charge in [0.1, 0.15) is 0 Å². The van der Waals surface area contributed by atoms with Gasteiger partial charge in [-0.3, -0.25) is 0 Å². The highest BCUT2D eigenvalue weighted by Crippen LogP contribution is 2.20. The maximum atomic E-state index is 3.46. The quantitative estimate of drug-likeness (QED) is 0.726. The van der Waals surface area contributed by atoms with Crippen LogP contribution >= 0.6 is 0 Å². The van der Waals surface area contributed by atoms with E-state index in [0.29, 0.717) is 6.04 Å². The Morgan fingerprint density at radius 3 is 2.86 bits per heavy atom. The Kier molecular flexibility index (Phi) is 2.73. The molecule has 0 radical (unpaired) electrons. The van der Waals surface area contributed by atoms with Crippen molar-refractivity contribution in [3.63, 3.8) is 0 Å². The fraction of sp³-hybridized carbons (Fsp3) is 0.500. The van der Waals surface area contributed by atoms with Crippen LogP contribution in [-0.2, 0) is 0 Å². The monoisotopic (exact) mass is 190 g/mol. The number of piperazine rings is 1. The molecule has 0 spiro atoms. The van der Waals surface area contributed by atoms with E-state index in [2.05, 4.69) is 48.3 Å². The molecule has 1 aliphatic heterocycles. The van der Waals surface area contributed by atoms with Crippen LogP contribution in [0.3, 0.4) is 0 Å². The number of para-hydroxylation sites is 1. The van der Waals surface area contributed by atoms with Crippen LogP contribution in [0.1, 0.15) is 12.5 Å². The van der Waals surface area contributed by atoms with Crippen LogP contribution in [0.2, 0.25) is 0 Å². The number of nitrogens with one attached hydrogen (secondary N) is 1. The van der Waals surface area contributed by atoms with Crippen molar-refractivity contribution in [1.29, 1.82) is 0 Å². The Balaban J connectivity index is 2.18. The number of aryl methyl sites for hydroxylation is 1. The van der Waals surface area contributed by atoms with Gasteiger partial charge in [0, 0.05) is 31.4 Å². The van der Waals surface area contributed by atoms with Gasteiger partial charge in [-0.25, -0.2) is 0 Å². The van der Waals surface area contributed by atoms with E-state index in [0.717, 1.165) is 19.6 Å². The lowest BCUT2D eigenvalue weighted by Gasteiger charge is -2.34. The van der Waals surface area contributed by atoms with Crippen LogP contribution in [0.25, 0.3) is 0 Å². The Hall–Kier alpha value is -1.02. The van der Waals surface area contributed by atoms with Crippen molar-refractivity contribution >= 4 is 5.69 Å². The number of anilines is 1.